The number of morpholine rings is 1. The number of nitrogens with zero attached hydrogens (tertiary/aromatic N) is 4. The number of aromatic nitrogens is 2. The van der Waals surface area contributed by atoms with Crippen molar-refractivity contribution >= 4 is 34.2 Å². The molecule has 3 heterocycles. The highest BCUT2D eigenvalue weighted by Crippen LogP contribution is 2.24. The first kappa shape index (κ1) is 18.6. The molecule has 0 atom stereocenters. The number of nitro benzene ring substituents is 1. The highest BCUT2D eigenvalue weighted by atomic mass is 16.6. The molecule has 1 aliphatic rings. The van der Waals surface area contributed by atoms with Gasteiger partial charge in [-0.2, -0.15) is 0 Å². The van der Waals surface area contributed by atoms with Crippen molar-refractivity contribution in [1.29, 1.82) is 0 Å². The van der Waals surface area contributed by atoms with Gasteiger partial charge in [0.15, 0.2) is 11.4 Å². The number of carbonyl (C=O) groups excluding carboxylic acids is 1. The fraction of sp³-hybridized carbons (Fsp3) is 0.278. The predicted molar refractivity (Wildman–Crippen MR) is 103 cm³/mol. The number of rotatable bonds is 5. The zero-order chi connectivity index (χ0) is 20.4. The second kappa shape index (κ2) is 7.72. The molecule has 29 heavy (non-hydrogen) atoms. The lowest BCUT2D eigenvalue weighted by Crippen LogP contribution is -2.37. The third kappa shape index (κ3) is 3.80. The van der Waals surface area contributed by atoms with Crippen LogP contribution in [0.2, 0.25) is 0 Å². The van der Waals surface area contributed by atoms with Crippen LogP contribution in [0.1, 0.15) is 0 Å². The van der Waals surface area contributed by atoms with E-state index in [4.69, 9.17) is 9.15 Å². The second-order valence-corrected chi connectivity index (χ2v) is 6.39. The second-order valence-electron chi connectivity index (χ2n) is 6.39. The number of nitro groups is 1. The highest BCUT2D eigenvalue weighted by Gasteiger charge is 2.19. The van der Waals surface area contributed by atoms with Crippen molar-refractivity contribution in [3.8, 4) is 0 Å². The number of carbonyl (C=O) groups is 1. The molecule has 1 amide bonds. The van der Waals surface area contributed by atoms with Crippen molar-refractivity contribution in [2.75, 3.05) is 36.5 Å². The summed E-state index contributed by atoms with van der Waals surface area (Å²) < 4.78 is 11.5. The number of nitrogens with one attached hydrogen (secondary N) is 1. The number of hydrogen-bond acceptors (Lipinski definition) is 8. The van der Waals surface area contributed by atoms with Gasteiger partial charge in [-0.1, -0.05) is 0 Å². The van der Waals surface area contributed by atoms with E-state index in [-0.39, 0.29) is 17.8 Å². The summed E-state index contributed by atoms with van der Waals surface area (Å²) in [5.74, 6) is -0.588. The molecule has 0 bridgehead atoms. The summed E-state index contributed by atoms with van der Waals surface area (Å²) in [6, 6.07) is 7.23. The molecule has 11 heteroatoms. The van der Waals surface area contributed by atoms with E-state index in [0.717, 1.165) is 10.6 Å². The van der Waals surface area contributed by atoms with E-state index in [9.17, 15) is 19.7 Å². The van der Waals surface area contributed by atoms with Gasteiger partial charge in [-0.15, -0.1) is 0 Å². The Kier molecular flexibility index (Phi) is 4.96. The van der Waals surface area contributed by atoms with Crippen LogP contribution in [0.4, 0.5) is 17.2 Å². The summed E-state index contributed by atoms with van der Waals surface area (Å²) in [4.78, 5) is 41.4. The number of benzene rings is 1. The lowest BCUT2D eigenvalue weighted by atomic mass is 10.3. The molecule has 0 radical (unpaired) electrons. The summed E-state index contributed by atoms with van der Waals surface area (Å²) >= 11 is 0. The molecule has 3 aromatic rings. The zero-order valence-electron chi connectivity index (χ0n) is 15.2. The number of oxazole rings is 1. The Labute approximate surface area is 163 Å². The van der Waals surface area contributed by atoms with Crippen LogP contribution in [-0.4, -0.2) is 46.7 Å². The Morgan fingerprint density at radius 3 is 2.83 bits per heavy atom. The normalized spacial score (nSPS) is 14.1. The molecule has 4 rings (SSSR count). The lowest BCUT2D eigenvalue weighted by Gasteiger charge is -2.29. The van der Waals surface area contributed by atoms with Crippen molar-refractivity contribution in [3.63, 3.8) is 0 Å². The number of amides is 1. The van der Waals surface area contributed by atoms with Crippen molar-refractivity contribution in [1.82, 2.24) is 9.55 Å². The van der Waals surface area contributed by atoms with Gasteiger partial charge in [0.25, 0.3) is 5.69 Å². The number of ether oxygens (including phenoxy) is 1. The van der Waals surface area contributed by atoms with E-state index >= 15 is 0 Å². The first-order chi connectivity index (χ1) is 14.0. The number of anilines is 2. The Balaban J connectivity index is 1.56. The Morgan fingerprint density at radius 1 is 1.28 bits per heavy atom. The van der Waals surface area contributed by atoms with Crippen molar-refractivity contribution in [2.24, 2.45) is 0 Å². The topological polar surface area (TPSA) is 133 Å². The van der Waals surface area contributed by atoms with E-state index in [1.165, 1.54) is 12.1 Å². The minimum absolute atomic E-state index is 0.0485. The molecule has 1 aliphatic heterocycles. The van der Waals surface area contributed by atoms with E-state index in [2.05, 4.69) is 10.3 Å². The van der Waals surface area contributed by atoms with Crippen LogP contribution in [0.15, 0.2) is 45.7 Å². The van der Waals surface area contributed by atoms with E-state index in [1.54, 1.807) is 18.3 Å². The van der Waals surface area contributed by atoms with Gasteiger partial charge in [0, 0.05) is 25.4 Å². The molecular weight excluding hydrogens is 382 g/mol. The predicted octanol–water partition coefficient (Wildman–Crippen LogP) is 1.37. The quantitative estimate of drug-likeness (QED) is 0.502. The molecule has 2 aromatic heterocycles. The van der Waals surface area contributed by atoms with Gasteiger partial charge in [-0.25, -0.2) is 9.78 Å². The molecule has 0 saturated carbocycles. The Hall–Kier alpha value is -3.73. The monoisotopic (exact) mass is 399 g/mol. The number of non-ortho nitro benzene ring substituents is 1. The molecule has 11 nitrogen and oxygen atoms in total. The summed E-state index contributed by atoms with van der Waals surface area (Å²) in [6.45, 7) is 2.16. The molecule has 150 valence electrons. The SMILES string of the molecule is O=C(Cn1c(=O)oc2cc([N+](=O)[O-])ccc21)Nc1cccnc1N1CCOCC1. The van der Waals surface area contributed by atoms with E-state index in [0.29, 0.717) is 43.3 Å². The Bertz CT molecular complexity index is 1130. The fourth-order valence-electron chi connectivity index (χ4n) is 3.17. The number of hydrogen-bond donors (Lipinski definition) is 1. The molecular formula is C18H17N5O6. The first-order valence-electron chi connectivity index (χ1n) is 8.88. The summed E-state index contributed by atoms with van der Waals surface area (Å²) in [5, 5.41) is 13.7. The number of pyridine rings is 1. The molecule has 1 N–H and O–H groups in total. The summed E-state index contributed by atoms with van der Waals surface area (Å²) in [5.41, 5.74) is 0.673. The minimum Gasteiger partial charge on any atom is -0.407 e. The fourth-order valence-corrected chi connectivity index (χ4v) is 3.17. The molecule has 1 saturated heterocycles. The van der Waals surface area contributed by atoms with Gasteiger partial charge in [0.05, 0.1) is 35.4 Å². The largest absolute Gasteiger partial charge is 0.420 e. The maximum atomic E-state index is 12.6. The third-order valence-electron chi connectivity index (χ3n) is 4.54. The first-order valence-corrected chi connectivity index (χ1v) is 8.88. The van der Waals surface area contributed by atoms with Crippen molar-refractivity contribution in [2.45, 2.75) is 6.54 Å². The maximum Gasteiger partial charge on any atom is 0.420 e. The minimum atomic E-state index is -0.768. The van der Waals surface area contributed by atoms with Crippen molar-refractivity contribution < 1.29 is 18.9 Å². The molecule has 0 unspecified atom stereocenters. The average molecular weight is 399 g/mol. The molecule has 1 aromatic carbocycles. The van der Waals surface area contributed by atoms with Gasteiger partial charge >= 0.3 is 5.76 Å². The number of fused-ring (bicyclic) bond motifs is 1. The van der Waals surface area contributed by atoms with Crippen LogP contribution in [0.3, 0.4) is 0 Å². The maximum absolute atomic E-state index is 12.6. The van der Waals surface area contributed by atoms with Crippen LogP contribution >= 0.6 is 0 Å². The van der Waals surface area contributed by atoms with Gasteiger partial charge in [-0.05, 0) is 18.2 Å². The van der Waals surface area contributed by atoms with Gasteiger partial charge in [0.1, 0.15) is 6.54 Å². The molecule has 0 aliphatic carbocycles. The third-order valence-corrected chi connectivity index (χ3v) is 4.54. The highest BCUT2D eigenvalue weighted by molar-refractivity contribution is 5.94. The van der Waals surface area contributed by atoms with Gasteiger partial charge < -0.3 is 19.4 Å². The summed E-state index contributed by atoms with van der Waals surface area (Å²) in [7, 11) is 0. The molecule has 1 fully saturated rings. The van der Waals surface area contributed by atoms with Crippen LogP contribution in [-0.2, 0) is 16.1 Å². The standard InChI is InChI=1S/C18H17N5O6/c24-16(20-13-2-1-5-19-17(13)21-6-8-28-9-7-21)11-22-14-4-3-12(23(26)27)10-15(14)29-18(22)25/h1-5,10H,6-9,11H2,(H,20,24). The van der Waals surface area contributed by atoms with Crippen LogP contribution in [0.25, 0.3) is 11.1 Å². The zero-order valence-corrected chi connectivity index (χ0v) is 15.2. The van der Waals surface area contributed by atoms with E-state index < -0.39 is 16.6 Å². The van der Waals surface area contributed by atoms with Gasteiger partial charge in [-0.3, -0.25) is 19.5 Å². The van der Waals surface area contributed by atoms with Crippen molar-refractivity contribution in [3.05, 3.63) is 57.2 Å². The molecule has 0 spiro atoms. The van der Waals surface area contributed by atoms with Gasteiger partial charge in [0.2, 0.25) is 5.91 Å². The average Bonchev–Trinajstić information content (AvgIpc) is 3.03. The van der Waals surface area contributed by atoms with Crippen LogP contribution < -0.4 is 16.0 Å². The van der Waals surface area contributed by atoms with E-state index in [1.807, 2.05) is 4.90 Å². The lowest BCUT2D eigenvalue weighted by molar-refractivity contribution is -0.384. The van der Waals surface area contributed by atoms with Crippen LogP contribution in [0, 0.1) is 10.1 Å². The smallest absolute Gasteiger partial charge is 0.407 e. The van der Waals surface area contributed by atoms with Crippen LogP contribution in [0.5, 0.6) is 0 Å². The summed E-state index contributed by atoms with van der Waals surface area (Å²) in [6.07, 6.45) is 1.64. The Morgan fingerprint density at radius 2 is 2.07 bits per heavy atom.